The average Bonchev–Trinajstić information content (AvgIpc) is 2.64. The van der Waals surface area contributed by atoms with E-state index in [9.17, 15) is 9.59 Å². The fourth-order valence-electron chi connectivity index (χ4n) is 2.77. The van der Waals surface area contributed by atoms with Crippen LogP contribution in [0.25, 0.3) is 10.9 Å². The number of nitrogens with one attached hydrogen (secondary N) is 2. The molecule has 1 amide bonds. The summed E-state index contributed by atoms with van der Waals surface area (Å²) in [5, 5.41) is 3.32. The van der Waals surface area contributed by atoms with Gasteiger partial charge in [-0.2, -0.15) is 0 Å². The Morgan fingerprint density at radius 2 is 1.81 bits per heavy atom. The van der Waals surface area contributed by atoms with Gasteiger partial charge in [0.25, 0.3) is 0 Å². The van der Waals surface area contributed by atoms with Gasteiger partial charge in [-0.3, -0.25) is 10.1 Å². The number of hydrogen-bond donors (Lipinski definition) is 2. The highest BCUT2D eigenvalue weighted by molar-refractivity contribution is 5.84. The second-order valence-electron chi connectivity index (χ2n) is 6.58. The maximum Gasteiger partial charge on any atom is 0.412 e. The number of anilines is 1. The molecule has 0 radical (unpaired) electrons. The van der Waals surface area contributed by atoms with Crippen molar-refractivity contribution in [2.24, 2.45) is 0 Å². The Labute approximate surface area is 152 Å². The van der Waals surface area contributed by atoms with Gasteiger partial charge in [-0.25, -0.2) is 4.79 Å². The Balaban J connectivity index is 1.69. The van der Waals surface area contributed by atoms with Crippen LogP contribution in [0.5, 0.6) is 0 Å². The van der Waals surface area contributed by atoms with Crippen molar-refractivity contribution >= 4 is 22.7 Å². The number of rotatable bonds is 4. The molecule has 134 valence electrons. The predicted octanol–water partition coefficient (Wildman–Crippen LogP) is 4.71. The molecule has 0 aliphatic heterocycles. The standard InChI is InChI=1S/C21H22N2O3/c1-13(2)15-8-10-16(11-9-15)22-21(25)26-12-19-14(3)20(24)17-6-4-5-7-18(17)23-19/h4-11,13H,12H2,1-3H3,(H,22,25)(H,23,24). The third-order valence-corrected chi connectivity index (χ3v) is 4.42. The van der Waals surface area contributed by atoms with E-state index in [2.05, 4.69) is 24.1 Å². The topological polar surface area (TPSA) is 71.2 Å². The number of para-hydroxylation sites is 1. The van der Waals surface area contributed by atoms with E-state index in [-0.39, 0.29) is 12.0 Å². The fraction of sp³-hybridized carbons (Fsp3) is 0.238. The molecule has 3 aromatic rings. The normalized spacial score (nSPS) is 10.9. The predicted molar refractivity (Wildman–Crippen MR) is 104 cm³/mol. The van der Waals surface area contributed by atoms with Crippen molar-refractivity contribution in [2.45, 2.75) is 33.3 Å². The zero-order chi connectivity index (χ0) is 18.7. The molecule has 0 spiro atoms. The number of aromatic nitrogens is 1. The van der Waals surface area contributed by atoms with E-state index >= 15 is 0 Å². The summed E-state index contributed by atoms with van der Waals surface area (Å²) in [4.78, 5) is 27.6. The number of carbonyl (C=O) groups excluding carboxylic acids is 1. The molecule has 0 bridgehead atoms. The van der Waals surface area contributed by atoms with Crippen LogP contribution in [0, 0.1) is 6.92 Å². The van der Waals surface area contributed by atoms with Gasteiger partial charge >= 0.3 is 6.09 Å². The number of fused-ring (bicyclic) bond motifs is 1. The summed E-state index contributed by atoms with van der Waals surface area (Å²) >= 11 is 0. The van der Waals surface area contributed by atoms with Crippen molar-refractivity contribution in [1.29, 1.82) is 0 Å². The zero-order valence-electron chi connectivity index (χ0n) is 15.1. The molecule has 0 unspecified atom stereocenters. The van der Waals surface area contributed by atoms with Crippen LogP contribution >= 0.6 is 0 Å². The first-order valence-electron chi connectivity index (χ1n) is 8.60. The third kappa shape index (κ3) is 3.77. The molecule has 0 fully saturated rings. The first kappa shape index (κ1) is 17.7. The molecule has 5 nitrogen and oxygen atoms in total. The summed E-state index contributed by atoms with van der Waals surface area (Å²) in [5.41, 5.74) is 3.70. The molecular weight excluding hydrogens is 328 g/mol. The summed E-state index contributed by atoms with van der Waals surface area (Å²) in [6.07, 6.45) is -0.560. The Morgan fingerprint density at radius 3 is 2.50 bits per heavy atom. The molecule has 1 heterocycles. The van der Waals surface area contributed by atoms with Crippen LogP contribution in [0.2, 0.25) is 0 Å². The summed E-state index contributed by atoms with van der Waals surface area (Å²) in [5.74, 6) is 0.434. The number of benzene rings is 2. The Kier molecular flexibility index (Phi) is 5.07. The van der Waals surface area contributed by atoms with E-state index < -0.39 is 6.09 Å². The van der Waals surface area contributed by atoms with Gasteiger partial charge in [-0.1, -0.05) is 38.1 Å². The van der Waals surface area contributed by atoms with Crippen LogP contribution in [0.3, 0.4) is 0 Å². The largest absolute Gasteiger partial charge is 0.443 e. The maximum absolute atomic E-state index is 12.4. The van der Waals surface area contributed by atoms with Gasteiger partial charge in [-0.05, 0) is 42.7 Å². The minimum Gasteiger partial charge on any atom is -0.443 e. The van der Waals surface area contributed by atoms with Crippen LogP contribution in [-0.4, -0.2) is 11.1 Å². The van der Waals surface area contributed by atoms with E-state index in [1.807, 2.05) is 42.5 Å². The molecule has 0 aliphatic rings. The van der Waals surface area contributed by atoms with E-state index in [1.54, 1.807) is 13.0 Å². The first-order chi connectivity index (χ1) is 12.5. The summed E-state index contributed by atoms with van der Waals surface area (Å²) in [6, 6.07) is 14.9. The van der Waals surface area contributed by atoms with Gasteiger partial charge in [0, 0.05) is 22.2 Å². The summed E-state index contributed by atoms with van der Waals surface area (Å²) in [7, 11) is 0. The highest BCUT2D eigenvalue weighted by atomic mass is 16.5. The molecule has 1 aromatic heterocycles. The Morgan fingerprint density at radius 1 is 1.12 bits per heavy atom. The van der Waals surface area contributed by atoms with E-state index in [0.29, 0.717) is 28.2 Å². The molecule has 26 heavy (non-hydrogen) atoms. The lowest BCUT2D eigenvalue weighted by Gasteiger charge is -2.11. The lowest BCUT2D eigenvalue weighted by molar-refractivity contribution is 0.153. The monoisotopic (exact) mass is 350 g/mol. The van der Waals surface area contributed by atoms with Crippen molar-refractivity contribution < 1.29 is 9.53 Å². The Hall–Kier alpha value is -3.08. The van der Waals surface area contributed by atoms with Crippen molar-refractivity contribution in [3.05, 3.63) is 75.6 Å². The van der Waals surface area contributed by atoms with Gasteiger partial charge in [-0.15, -0.1) is 0 Å². The lowest BCUT2D eigenvalue weighted by atomic mass is 10.0. The Bertz CT molecular complexity index is 988. The van der Waals surface area contributed by atoms with Crippen LogP contribution in [0.15, 0.2) is 53.3 Å². The first-order valence-corrected chi connectivity index (χ1v) is 8.60. The number of aromatic amines is 1. The average molecular weight is 350 g/mol. The number of carbonyl (C=O) groups is 1. The molecule has 0 aliphatic carbocycles. The van der Waals surface area contributed by atoms with Gasteiger partial charge in [0.1, 0.15) is 6.61 Å². The fourth-order valence-corrected chi connectivity index (χ4v) is 2.77. The quantitative estimate of drug-likeness (QED) is 0.716. The van der Waals surface area contributed by atoms with Crippen LogP contribution in [-0.2, 0) is 11.3 Å². The number of ether oxygens (including phenoxy) is 1. The van der Waals surface area contributed by atoms with Crippen molar-refractivity contribution in [3.63, 3.8) is 0 Å². The van der Waals surface area contributed by atoms with Gasteiger partial charge in [0.2, 0.25) is 0 Å². The second kappa shape index (κ2) is 7.44. The third-order valence-electron chi connectivity index (χ3n) is 4.42. The van der Waals surface area contributed by atoms with Gasteiger partial charge in [0.05, 0.1) is 5.69 Å². The number of pyridine rings is 1. The van der Waals surface area contributed by atoms with E-state index in [1.165, 1.54) is 5.56 Å². The molecule has 5 heteroatoms. The van der Waals surface area contributed by atoms with E-state index in [0.717, 1.165) is 5.52 Å². The van der Waals surface area contributed by atoms with Gasteiger partial charge < -0.3 is 9.72 Å². The minimum absolute atomic E-state index is 0.00180. The van der Waals surface area contributed by atoms with Gasteiger partial charge in [0.15, 0.2) is 5.43 Å². The molecule has 2 N–H and O–H groups in total. The summed E-state index contributed by atoms with van der Waals surface area (Å²) < 4.78 is 5.27. The van der Waals surface area contributed by atoms with Crippen molar-refractivity contribution in [2.75, 3.05) is 5.32 Å². The molecule has 3 rings (SSSR count). The maximum atomic E-state index is 12.4. The van der Waals surface area contributed by atoms with E-state index in [4.69, 9.17) is 4.74 Å². The van der Waals surface area contributed by atoms with Crippen molar-refractivity contribution in [3.8, 4) is 0 Å². The highest BCUT2D eigenvalue weighted by Gasteiger charge is 2.11. The smallest absolute Gasteiger partial charge is 0.412 e. The lowest BCUT2D eigenvalue weighted by Crippen LogP contribution is -2.17. The number of H-pyrrole nitrogens is 1. The second-order valence-corrected chi connectivity index (χ2v) is 6.58. The summed E-state index contributed by atoms with van der Waals surface area (Å²) in [6.45, 7) is 5.96. The number of amides is 1. The SMILES string of the molecule is Cc1c(COC(=O)Nc2ccc(C(C)C)cc2)[nH]c2ccccc2c1=O. The number of hydrogen-bond acceptors (Lipinski definition) is 3. The van der Waals surface area contributed by atoms with Crippen LogP contribution in [0.1, 0.15) is 36.6 Å². The van der Waals surface area contributed by atoms with Crippen LogP contribution < -0.4 is 10.7 Å². The molecular formula is C21H22N2O3. The van der Waals surface area contributed by atoms with Crippen LogP contribution in [0.4, 0.5) is 10.5 Å². The minimum atomic E-state index is -0.560. The molecule has 2 aromatic carbocycles. The van der Waals surface area contributed by atoms with Crippen molar-refractivity contribution in [1.82, 2.24) is 4.98 Å². The molecule has 0 saturated heterocycles. The zero-order valence-corrected chi connectivity index (χ0v) is 15.1. The highest BCUT2D eigenvalue weighted by Crippen LogP contribution is 2.17. The molecule has 0 atom stereocenters. The molecule has 0 saturated carbocycles.